The summed E-state index contributed by atoms with van der Waals surface area (Å²) in [7, 11) is 0. The molecule has 60 valence electrons. The molecule has 3 heteroatoms. The van der Waals surface area contributed by atoms with Crippen LogP contribution in [0.1, 0.15) is 13.3 Å². The summed E-state index contributed by atoms with van der Waals surface area (Å²) in [5.41, 5.74) is 0. The van der Waals surface area contributed by atoms with Crippen LogP contribution in [0.2, 0.25) is 0 Å². The van der Waals surface area contributed by atoms with E-state index < -0.39 is 0 Å². The van der Waals surface area contributed by atoms with Crippen LogP contribution < -0.4 is 5.32 Å². The molecule has 1 rings (SSSR count). The minimum absolute atomic E-state index is 0.225. The van der Waals surface area contributed by atoms with E-state index >= 15 is 0 Å². The molecule has 0 aliphatic carbocycles. The van der Waals surface area contributed by atoms with Gasteiger partial charge in [0.25, 0.3) is 0 Å². The van der Waals surface area contributed by atoms with E-state index in [1.54, 1.807) is 0 Å². The number of aliphatic hydroxyl groups is 1. The van der Waals surface area contributed by atoms with Crippen molar-refractivity contribution in [3.63, 3.8) is 0 Å². The van der Waals surface area contributed by atoms with Gasteiger partial charge in [-0.2, -0.15) is 0 Å². The zero-order chi connectivity index (χ0) is 7.40. The molecule has 1 heterocycles. The Morgan fingerprint density at radius 2 is 2.40 bits per heavy atom. The van der Waals surface area contributed by atoms with Crippen LogP contribution in [0.4, 0.5) is 0 Å². The number of nitrogens with one attached hydrogen (secondary N) is 1. The van der Waals surface area contributed by atoms with E-state index in [9.17, 15) is 5.11 Å². The van der Waals surface area contributed by atoms with Crippen molar-refractivity contribution in [2.45, 2.75) is 25.5 Å². The lowest BCUT2D eigenvalue weighted by Crippen LogP contribution is -2.38. The molecule has 0 aromatic heterocycles. The summed E-state index contributed by atoms with van der Waals surface area (Å²) < 4.78 is 5.20. The highest BCUT2D eigenvalue weighted by molar-refractivity contribution is 4.73. The van der Waals surface area contributed by atoms with Crippen molar-refractivity contribution in [3.8, 4) is 0 Å². The highest BCUT2D eigenvalue weighted by atomic mass is 16.5. The molecule has 0 spiro atoms. The molecule has 0 aromatic rings. The minimum Gasteiger partial charge on any atom is -0.392 e. The molecule has 0 amide bonds. The lowest BCUT2D eigenvalue weighted by molar-refractivity contribution is 0.125. The van der Waals surface area contributed by atoms with Crippen LogP contribution in [0.25, 0.3) is 0 Å². The Morgan fingerprint density at radius 3 is 3.10 bits per heavy atom. The maximum Gasteiger partial charge on any atom is 0.0665 e. The normalized spacial score (nSPS) is 31.2. The van der Waals surface area contributed by atoms with Gasteiger partial charge in [0.1, 0.15) is 0 Å². The standard InChI is InChI=1S/C7H15NO2/c1-6(9)7-2-4-10-5-3-8-7/h6-9H,2-5H2,1H3. The third-order valence-corrected chi connectivity index (χ3v) is 1.81. The quantitative estimate of drug-likeness (QED) is 0.534. The number of ether oxygens (including phenoxy) is 1. The fraction of sp³-hybridized carbons (Fsp3) is 1.00. The predicted octanol–water partition coefficient (Wildman–Crippen LogP) is -0.254. The Balaban J connectivity index is 2.28. The Bertz CT molecular complexity index is 87.6. The van der Waals surface area contributed by atoms with E-state index in [-0.39, 0.29) is 12.1 Å². The summed E-state index contributed by atoms with van der Waals surface area (Å²) in [5, 5.41) is 12.4. The van der Waals surface area contributed by atoms with Crippen LogP contribution in [0.5, 0.6) is 0 Å². The SMILES string of the molecule is CC(O)C1CCOCCN1. The first-order chi connectivity index (χ1) is 4.80. The number of aliphatic hydroxyl groups excluding tert-OH is 1. The average molecular weight is 145 g/mol. The molecule has 2 atom stereocenters. The lowest BCUT2D eigenvalue weighted by atomic mass is 10.1. The highest BCUT2D eigenvalue weighted by Gasteiger charge is 2.15. The van der Waals surface area contributed by atoms with Gasteiger partial charge >= 0.3 is 0 Å². The smallest absolute Gasteiger partial charge is 0.0665 e. The molecule has 10 heavy (non-hydrogen) atoms. The molecular weight excluding hydrogens is 130 g/mol. The topological polar surface area (TPSA) is 41.5 Å². The van der Waals surface area contributed by atoms with Crippen molar-refractivity contribution in [3.05, 3.63) is 0 Å². The summed E-state index contributed by atoms with van der Waals surface area (Å²) in [6, 6.07) is 0.225. The maximum absolute atomic E-state index is 9.18. The molecule has 1 aliphatic rings. The second kappa shape index (κ2) is 3.91. The summed E-state index contributed by atoms with van der Waals surface area (Å²) in [5.74, 6) is 0. The second-order valence-electron chi connectivity index (χ2n) is 2.70. The van der Waals surface area contributed by atoms with Crippen molar-refractivity contribution in [2.75, 3.05) is 19.8 Å². The van der Waals surface area contributed by atoms with Crippen LogP contribution in [0, 0.1) is 0 Å². The molecule has 0 radical (unpaired) electrons. The van der Waals surface area contributed by atoms with Crippen molar-refractivity contribution in [1.29, 1.82) is 0 Å². The third kappa shape index (κ3) is 2.25. The number of hydrogen-bond acceptors (Lipinski definition) is 3. The van der Waals surface area contributed by atoms with E-state index in [4.69, 9.17) is 4.74 Å². The molecule has 0 saturated carbocycles. The highest BCUT2D eigenvalue weighted by Crippen LogP contribution is 2.01. The van der Waals surface area contributed by atoms with Crippen molar-refractivity contribution in [1.82, 2.24) is 5.32 Å². The van der Waals surface area contributed by atoms with Gasteiger partial charge in [0.05, 0.1) is 12.7 Å². The Kier molecular flexibility index (Phi) is 3.12. The van der Waals surface area contributed by atoms with Crippen molar-refractivity contribution < 1.29 is 9.84 Å². The zero-order valence-corrected chi connectivity index (χ0v) is 6.34. The van der Waals surface area contributed by atoms with Crippen molar-refractivity contribution in [2.24, 2.45) is 0 Å². The van der Waals surface area contributed by atoms with Crippen molar-refractivity contribution >= 4 is 0 Å². The first kappa shape index (κ1) is 7.98. The van der Waals surface area contributed by atoms with Crippen LogP contribution in [0.15, 0.2) is 0 Å². The molecule has 2 unspecified atom stereocenters. The number of hydrogen-bond donors (Lipinski definition) is 2. The van der Waals surface area contributed by atoms with Crippen LogP contribution in [0.3, 0.4) is 0 Å². The number of rotatable bonds is 1. The van der Waals surface area contributed by atoms with Gasteiger partial charge in [-0.15, -0.1) is 0 Å². The van der Waals surface area contributed by atoms with E-state index in [1.165, 1.54) is 0 Å². The summed E-state index contributed by atoms with van der Waals surface area (Å²) >= 11 is 0. The molecule has 2 N–H and O–H groups in total. The first-order valence-electron chi connectivity index (χ1n) is 3.80. The first-order valence-corrected chi connectivity index (χ1v) is 3.80. The average Bonchev–Trinajstić information content (AvgIpc) is 2.12. The fourth-order valence-electron chi connectivity index (χ4n) is 1.14. The summed E-state index contributed by atoms with van der Waals surface area (Å²) in [4.78, 5) is 0. The molecule has 3 nitrogen and oxygen atoms in total. The van der Waals surface area contributed by atoms with E-state index in [1.807, 2.05) is 6.92 Å². The largest absolute Gasteiger partial charge is 0.392 e. The molecule has 1 saturated heterocycles. The van der Waals surface area contributed by atoms with Gasteiger partial charge in [0, 0.05) is 19.2 Å². The third-order valence-electron chi connectivity index (χ3n) is 1.81. The maximum atomic E-state index is 9.18. The molecule has 0 aromatic carbocycles. The molecule has 1 fully saturated rings. The van der Waals surface area contributed by atoms with Gasteiger partial charge in [-0.1, -0.05) is 0 Å². The molecule has 1 aliphatic heterocycles. The van der Waals surface area contributed by atoms with Gasteiger partial charge in [0.15, 0.2) is 0 Å². The monoisotopic (exact) mass is 145 g/mol. The van der Waals surface area contributed by atoms with Gasteiger partial charge < -0.3 is 15.2 Å². The molecular formula is C7H15NO2. The van der Waals surface area contributed by atoms with Gasteiger partial charge in [0.2, 0.25) is 0 Å². The Hall–Kier alpha value is -0.120. The fourth-order valence-corrected chi connectivity index (χ4v) is 1.14. The van der Waals surface area contributed by atoms with E-state index in [0.717, 1.165) is 26.2 Å². The second-order valence-corrected chi connectivity index (χ2v) is 2.70. The van der Waals surface area contributed by atoms with Gasteiger partial charge in [-0.25, -0.2) is 0 Å². The zero-order valence-electron chi connectivity index (χ0n) is 6.34. The van der Waals surface area contributed by atoms with Crippen LogP contribution in [-0.2, 0) is 4.74 Å². The van der Waals surface area contributed by atoms with Gasteiger partial charge in [-0.05, 0) is 13.3 Å². The Morgan fingerprint density at radius 1 is 1.60 bits per heavy atom. The lowest BCUT2D eigenvalue weighted by Gasteiger charge is -2.17. The van der Waals surface area contributed by atoms with Crippen LogP contribution in [-0.4, -0.2) is 37.0 Å². The predicted molar refractivity (Wildman–Crippen MR) is 38.9 cm³/mol. The van der Waals surface area contributed by atoms with Gasteiger partial charge in [-0.3, -0.25) is 0 Å². The van der Waals surface area contributed by atoms with E-state index in [0.29, 0.717) is 0 Å². The Labute approximate surface area is 61.4 Å². The summed E-state index contributed by atoms with van der Waals surface area (Å²) in [6.07, 6.45) is 0.652. The van der Waals surface area contributed by atoms with Crippen LogP contribution >= 0.6 is 0 Å². The molecule has 0 bridgehead atoms. The van der Waals surface area contributed by atoms with E-state index in [2.05, 4.69) is 5.32 Å². The summed E-state index contributed by atoms with van der Waals surface area (Å²) in [6.45, 7) is 4.20. The minimum atomic E-state index is -0.262.